The lowest BCUT2D eigenvalue weighted by Crippen LogP contribution is -2.54. The van der Waals surface area contributed by atoms with Crippen LogP contribution in [0.15, 0.2) is 42.5 Å². The van der Waals surface area contributed by atoms with Crippen molar-refractivity contribution in [2.45, 2.75) is 52.2 Å². The molecule has 0 unspecified atom stereocenters. The van der Waals surface area contributed by atoms with Crippen LogP contribution in [0.1, 0.15) is 34.1 Å². The molecule has 3 aromatic rings. The number of rotatable bonds is 10. The molecule has 0 saturated heterocycles. The third kappa shape index (κ3) is 6.54. The van der Waals surface area contributed by atoms with Crippen molar-refractivity contribution in [3.63, 3.8) is 0 Å². The third-order valence-electron chi connectivity index (χ3n) is 5.48. The Morgan fingerprint density at radius 2 is 1.68 bits per heavy atom. The van der Waals surface area contributed by atoms with Gasteiger partial charge >= 0.3 is 0 Å². The number of hydrogen-bond donors (Lipinski definition) is 1. The van der Waals surface area contributed by atoms with Crippen molar-refractivity contribution in [3.8, 4) is 28.6 Å². The maximum absolute atomic E-state index is 13.7. The summed E-state index contributed by atoms with van der Waals surface area (Å²) in [4.78, 5) is 29.6. The Morgan fingerprint density at radius 1 is 1.00 bits per heavy atom. The molecule has 11 nitrogen and oxygen atoms in total. The normalized spacial score (nSPS) is 12.0. The number of carbonyl (C=O) groups is 2. The van der Waals surface area contributed by atoms with E-state index in [0.29, 0.717) is 40.7 Å². The van der Waals surface area contributed by atoms with Gasteiger partial charge in [0, 0.05) is 11.1 Å². The molecule has 0 fully saturated rings. The summed E-state index contributed by atoms with van der Waals surface area (Å²) in [5, 5.41) is 15.5. The van der Waals surface area contributed by atoms with Crippen LogP contribution in [0.3, 0.4) is 0 Å². The number of nitrogens with zero attached hydrogens (tertiary/aromatic N) is 5. The molecule has 0 aliphatic carbocycles. The number of carbonyl (C=O) groups excluding carboxylic acids is 2. The van der Waals surface area contributed by atoms with Crippen molar-refractivity contribution in [2.75, 3.05) is 26.2 Å². The van der Waals surface area contributed by atoms with Gasteiger partial charge in [-0.25, -0.2) is 0 Å². The Kier molecular flexibility index (Phi) is 8.69. The SMILES string of the molecule is CC[C@H](C(=O)NC(C)(C)C)N(C(=O)Cn1nnc(-c2ccc(OC)c(OC)c2)n1)c1ccccc1OC. The van der Waals surface area contributed by atoms with E-state index in [2.05, 4.69) is 20.7 Å². The van der Waals surface area contributed by atoms with Crippen molar-refractivity contribution in [3.05, 3.63) is 42.5 Å². The number of amides is 2. The van der Waals surface area contributed by atoms with E-state index >= 15 is 0 Å². The topological polar surface area (TPSA) is 121 Å². The molecule has 2 aromatic carbocycles. The third-order valence-corrected chi connectivity index (χ3v) is 5.48. The van der Waals surface area contributed by atoms with Crippen LogP contribution < -0.4 is 24.4 Å². The number of benzene rings is 2. The molecule has 1 aromatic heterocycles. The molecule has 198 valence electrons. The van der Waals surface area contributed by atoms with E-state index in [1.807, 2.05) is 27.7 Å². The van der Waals surface area contributed by atoms with E-state index in [9.17, 15) is 9.59 Å². The fourth-order valence-corrected chi connectivity index (χ4v) is 3.84. The summed E-state index contributed by atoms with van der Waals surface area (Å²) in [7, 11) is 4.61. The molecule has 1 N–H and O–H groups in total. The zero-order valence-electron chi connectivity index (χ0n) is 22.3. The first-order valence-electron chi connectivity index (χ1n) is 11.9. The van der Waals surface area contributed by atoms with E-state index in [4.69, 9.17) is 14.2 Å². The molecule has 0 aliphatic rings. The molecule has 0 spiro atoms. The van der Waals surface area contributed by atoms with Gasteiger partial charge in [0.1, 0.15) is 18.3 Å². The van der Waals surface area contributed by atoms with E-state index in [0.717, 1.165) is 0 Å². The van der Waals surface area contributed by atoms with Crippen LogP contribution in [0.4, 0.5) is 5.69 Å². The molecule has 0 radical (unpaired) electrons. The largest absolute Gasteiger partial charge is 0.495 e. The van der Waals surface area contributed by atoms with Crippen LogP contribution in [0, 0.1) is 0 Å². The van der Waals surface area contributed by atoms with Crippen LogP contribution in [0.2, 0.25) is 0 Å². The summed E-state index contributed by atoms with van der Waals surface area (Å²) in [5.41, 5.74) is 0.655. The molecule has 11 heteroatoms. The second-order valence-corrected chi connectivity index (χ2v) is 9.31. The number of nitrogens with one attached hydrogen (secondary N) is 1. The van der Waals surface area contributed by atoms with Crippen LogP contribution in [0.5, 0.6) is 17.2 Å². The molecule has 1 atom stereocenters. The standard InChI is InChI=1S/C26H34N6O5/c1-8-18(25(34)27-26(2,3)4)32(19-11-9-10-12-20(19)35-5)23(33)16-31-29-24(28-30-31)17-13-14-21(36-6)22(15-17)37-7/h9-15,18H,8,16H2,1-7H3,(H,27,34)/t18-/m1/s1. The lowest BCUT2D eigenvalue weighted by molar-refractivity contribution is -0.128. The monoisotopic (exact) mass is 510 g/mol. The van der Waals surface area contributed by atoms with E-state index in [1.54, 1.807) is 49.6 Å². The highest BCUT2D eigenvalue weighted by Crippen LogP contribution is 2.32. The van der Waals surface area contributed by atoms with Crippen LogP contribution in [-0.2, 0) is 16.1 Å². The van der Waals surface area contributed by atoms with Gasteiger partial charge < -0.3 is 19.5 Å². The van der Waals surface area contributed by atoms with Crippen molar-refractivity contribution in [1.29, 1.82) is 0 Å². The predicted molar refractivity (Wildman–Crippen MR) is 139 cm³/mol. The molecule has 37 heavy (non-hydrogen) atoms. The minimum atomic E-state index is -0.781. The minimum Gasteiger partial charge on any atom is -0.495 e. The van der Waals surface area contributed by atoms with Crippen molar-refractivity contribution >= 4 is 17.5 Å². The number of ether oxygens (including phenoxy) is 3. The van der Waals surface area contributed by atoms with E-state index in [-0.39, 0.29) is 12.5 Å². The molecular formula is C26H34N6O5. The van der Waals surface area contributed by atoms with Gasteiger partial charge in [0.05, 0.1) is 27.0 Å². The van der Waals surface area contributed by atoms with Gasteiger partial charge in [-0.3, -0.25) is 14.5 Å². The highest BCUT2D eigenvalue weighted by molar-refractivity contribution is 6.01. The Labute approximate surface area is 216 Å². The number of aromatic nitrogens is 4. The highest BCUT2D eigenvalue weighted by Gasteiger charge is 2.33. The molecule has 0 saturated carbocycles. The minimum absolute atomic E-state index is 0.238. The Hall–Kier alpha value is -4.15. The maximum atomic E-state index is 13.7. The summed E-state index contributed by atoms with van der Waals surface area (Å²) in [6.07, 6.45) is 0.382. The van der Waals surface area contributed by atoms with Crippen molar-refractivity contribution < 1.29 is 23.8 Å². The maximum Gasteiger partial charge on any atom is 0.251 e. The summed E-state index contributed by atoms with van der Waals surface area (Å²) in [5.74, 6) is 1.21. The molecule has 0 aliphatic heterocycles. The zero-order chi connectivity index (χ0) is 27.2. The van der Waals surface area contributed by atoms with Gasteiger partial charge in [-0.05, 0) is 62.7 Å². The van der Waals surface area contributed by atoms with Gasteiger partial charge in [-0.1, -0.05) is 19.1 Å². The molecule has 1 heterocycles. The predicted octanol–water partition coefficient (Wildman–Crippen LogP) is 3.09. The van der Waals surface area contributed by atoms with Crippen molar-refractivity contribution in [2.24, 2.45) is 0 Å². The van der Waals surface area contributed by atoms with Gasteiger partial charge in [0.15, 0.2) is 11.5 Å². The molecule has 3 rings (SSSR count). The summed E-state index contributed by atoms with van der Waals surface area (Å²) >= 11 is 0. The van der Waals surface area contributed by atoms with Gasteiger partial charge in [0.2, 0.25) is 11.7 Å². The molecular weight excluding hydrogens is 476 g/mol. The fourth-order valence-electron chi connectivity index (χ4n) is 3.84. The lowest BCUT2D eigenvalue weighted by Gasteiger charge is -2.33. The average molecular weight is 511 g/mol. The summed E-state index contributed by atoms with van der Waals surface area (Å²) in [6.45, 7) is 7.29. The summed E-state index contributed by atoms with van der Waals surface area (Å²) < 4.78 is 16.1. The fraction of sp³-hybridized carbons (Fsp3) is 0.423. The first kappa shape index (κ1) is 27.4. The second kappa shape index (κ2) is 11.7. The average Bonchev–Trinajstić information content (AvgIpc) is 3.33. The van der Waals surface area contributed by atoms with Crippen LogP contribution in [0.25, 0.3) is 11.4 Å². The smallest absolute Gasteiger partial charge is 0.251 e. The molecule has 2 amide bonds. The highest BCUT2D eigenvalue weighted by atomic mass is 16.5. The van der Waals surface area contributed by atoms with E-state index < -0.39 is 17.5 Å². The quantitative estimate of drug-likeness (QED) is 0.442. The van der Waals surface area contributed by atoms with Gasteiger partial charge in [-0.15, -0.1) is 10.2 Å². The lowest BCUT2D eigenvalue weighted by atomic mass is 10.1. The summed E-state index contributed by atoms with van der Waals surface area (Å²) in [6, 6.07) is 11.5. The first-order valence-corrected chi connectivity index (χ1v) is 11.9. The Morgan fingerprint density at radius 3 is 2.30 bits per heavy atom. The number of para-hydroxylation sites is 2. The first-order chi connectivity index (χ1) is 17.6. The second-order valence-electron chi connectivity index (χ2n) is 9.31. The van der Waals surface area contributed by atoms with Gasteiger partial charge in [-0.2, -0.15) is 4.80 Å². The van der Waals surface area contributed by atoms with Crippen LogP contribution >= 0.6 is 0 Å². The zero-order valence-corrected chi connectivity index (χ0v) is 22.3. The van der Waals surface area contributed by atoms with Gasteiger partial charge in [0.25, 0.3) is 5.91 Å². The number of tetrazole rings is 1. The van der Waals surface area contributed by atoms with E-state index in [1.165, 1.54) is 23.9 Å². The Bertz CT molecular complexity index is 1240. The number of anilines is 1. The number of methoxy groups -OCH3 is 3. The van der Waals surface area contributed by atoms with Crippen LogP contribution in [-0.4, -0.2) is 64.9 Å². The molecule has 0 bridgehead atoms. The Balaban J connectivity index is 1.94. The van der Waals surface area contributed by atoms with Crippen molar-refractivity contribution in [1.82, 2.24) is 25.5 Å². The number of hydrogen-bond acceptors (Lipinski definition) is 8.